The summed E-state index contributed by atoms with van der Waals surface area (Å²) in [5.74, 6) is 1.92. The molecule has 37 heavy (non-hydrogen) atoms. The van der Waals surface area contributed by atoms with Crippen LogP contribution in [0.2, 0.25) is 0 Å². The van der Waals surface area contributed by atoms with Crippen LogP contribution < -0.4 is 5.73 Å². The molecule has 1 aliphatic heterocycles. The van der Waals surface area contributed by atoms with Gasteiger partial charge in [-0.2, -0.15) is 0 Å². The molecule has 0 spiro atoms. The van der Waals surface area contributed by atoms with Gasteiger partial charge in [-0.15, -0.1) is 0 Å². The maximum absolute atomic E-state index is 9.86. The number of rotatable bonds is 5. The number of imidazole rings is 1. The minimum atomic E-state index is -0.137. The van der Waals surface area contributed by atoms with Crippen molar-refractivity contribution in [3.05, 3.63) is 72.5 Å². The second kappa shape index (κ2) is 9.72. The van der Waals surface area contributed by atoms with Crippen LogP contribution in [0.25, 0.3) is 33.3 Å². The van der Waals surface area contributed by atoms with Crippen LogP contribution in [-0.4, -0.2) is 54.6 Å². The molecule has 0 bridgehead atoms. The largest absolute Gasteiger partial charge is 0.393 e. The van der Waals surface area contributed by atoms with Crippen molar-refractivity contribution in [2.24, 2.45) is 0 Å². The third-order valence-electron chi connectivity index (χ3n) is 8.02. The summed E-state index contributed by atoms with van der Waals surface area (Å²) in [6.45, 7) is 6.02. The van der Waals surface area contributed by atoms with E-state index in [1.54, 1.807) is 6.20 Å². The van der Waals surface area contributed by atoms with Crippen molar-refractivity contribution in [1.82, 2.24) is 24.3 Å². The fourth-order valence-electron chi connectivity index (χ4n) is 5.86. The van der Waals surface area contributed by atoms with E-state index in [0.717, 1.165) is 83.5 Å². The average Bonchev–Trinajstić information content (AvgIpc) is 3.27. The number of fused-ring (bicyclic) bond motifs is 2. The third-order valence-corrected chi connectivity index (χ3v) is 8.02. The van der Waals surface area contributed by atoms with Crippen LogP contribution >= 0.6 is 0 Å². The number of nitrogens with two attached hydrogens (primary N) is 1. The van der Waals surface area contributed by atoms with Gasteiger partial charge in [0.15, 0.2) is 0 Å². The van der Waals surface area contributed by atoms with Crippen molar-refractivity contribution >= 4 is 27.8 Å². The topological polar surface area (TPSA) is 92.6 Å². The number of aliphatic hydroxyl groups excluding tert-OH is 1. The van der Waals surface area contributed by atoms with Gasteiger partial charge >= 0.3 is 0 Å². The monoisotopic (exact) mass is 494 g/mol. The fourth-order valence-corrected chi connectivity index (χ4v) is 5.86. The van der Waals surface area contributed by atoms with Gasteiger partial charge in [-0.25, -0.2) is 15.0 Å². The van der Waals surface area contributed by atoms with E-state index in [0.29, 0.717) is 17.8 Å². The Balaban J connectivity index is 1.35. The Morgan fingerprint density at radius 2 is 1.86 bits per heavy atom. The van der Waals surface area contributed by atoms with Crippen LogP contribution in [0.15, 0.2) is 61.0 Å². The predicted octanol–water partition coefficient (Wildman–Crippen LogP) is 5.21. The maximum atomic E-state index is 9.86. The molecule has 1 saturated heterocycles. The van der Waals surface area contributed by atoms with Crippen LogP contribution in [0.1, 0.15) is 57.0 Å². The van der Waals surface area contributed by atoms with Gasteiger partial charge in [0, 0.05) is 48.4 Å². The van der Waals surface area contributed by atoms with Gasteiger partial charge in [-0.3, -0.25) is 4.40 Å². The van der Waals surface area contributed by atoms with E-state index in [4.69, 9.17) is 15.7 Å². The first-order valence-corrected chi connectivity index (χ1v) is 13.3. The fraction of sp³-hybridized carbons (Fsp3) is 0.367. The van der Waals surface area contributed by atoms with E-state index in [1.807, 2.05) is 26.1 Å². The average molecular weight is 495 g/mol. The molecule has 4 heterocycles. The molecule has 4 aromatic rings. The Morgan fingerprint density at radius 1 is 1.08 bits per heavy atom. The summed E-state index contributed by atoms with van der Waals surface area (Å²) in [4.78, 5) is 17.1. The SMILES string of the molecule is C/C=C\C(=C/C)c1ccc2ccc(-c3nc([C@H]4C[C@@H](N5CCC(O)CC5)C4)n4ccnc(N)c34)cc2n1. The third kappa shape index (κ3) is 4.32. The highest BCUT2D eigenvalue weighted by molar-refractivity contribution is 5.91. The summed E-state index contributed by atoms with van der Waals surface area (Å²) < 4.78 is 2.14. The standard InChI is InChI=1S/C30H34N6O/c1-3-5-19(4-2)25-9-8-20-6-7-21(18-26(20)33-25)27-28-29(31)32-12-15-36(28)30(34-27)22-16-23(17-22)35-13-10-24(37)11-14-35/h3-9,12,15,18,22-24,37H,10-11,13-14,16-17H2,1-2H3,(H2,31,32)/b5-3-,19-4+/t22-,23+. The number of piperidine rings is 1. The summed E-state index contributed by atoms with van der Waals surface area (Å²) in [6, 6.07) is 11.1. The number of hydrogen-bond acceptors (Lipinski definition) is 6. The van der Waals surface area contributed by atoms with Gasteiger partial charge in [0.25, 0.3) is 0 Å². The number of anilines is 1. The molecule has 0 unspecified atom stereocenters. The summed E-state index contributed by atoms with van der Waals surface area (Å²) in [7, 11) is 0. The molecule has 1 aromatic carbocycles. The molecule has 3 N–H and O–H groups in total. The predicted molar refractivity (Wildman–Crippen MR) is 149 cm³/mol. The van der Waals surface area contributed by atoms with Crippen LogP contribution in [-0.2, 0) is 0 Å². The molecule has 2 aliphatic rings. The Bertz CT molecular complexity index is 1510. The summed E-state index contributed by atoms with van der Waals surface area (Å²) >= 11 is 0. The van der Waals surface area contributed by atoms with Gasteiger partial charge in [0.1, 0.15) is 22.9 Å². The van der Waals surface area contributed by atoms with Gasteiger partial charge in [0.05, 0.1) is 17.3 Å². The zero-order valence-electron chi connectivity index (χ0n) is 21.5. The number of nitrogen functional groups attached to an aromatic ring is 1. The molecule has 0 amide bonds. The molecule has 7 nitrogen and oxygen atoms in total. The highest BCUT2D eigenvalue weighted by atomic mass is 16.3. The zero-order chi connectivity index (χ0) is 25.5. The molecule has 3 aromatic heterocycles. The Morgan fingerprint density at radius 3 is 2.62 bits per heavy atom. The summed E-state index contributed by atoms with van der Waals surface area (Å²) in [5, 5.41) is 11.0. The number of aliphatic hydroxyl groups is 1. The van der Waals surface area contributed by atoms with Crippen molar-refractivity contribution < 1.29 is 5.11 Å². The van der Waals surface area contributed by atoms with Crippen molar-refractivity contribution in [3.8, 4) is 11.3 Å². The number of pyridine rings is 1. The lowest BCUT2D eigenvalue weighted by atomic mass is 9.78. The Labute approximate surface area is 217 Å². The van der Waals surface area contributed by atoms with Crippen LogP contribution in [0.4, 0.5) is 5.82 Å². The Kier molecular flexibility index (Phi) is 6.26. The quantitative estimate of drug-likeness (QED) is 0.370. The van der Waals surface area contributed by atoms with Crippen LogP contribution in [0.3, 0.4) is 0 Å². The number of aromatic nitrogens is 4. The number of nitrogens with zero attached hydrogens (tertiary/aromatic N) is 5. The van der Waals surface area contributed by atoms with Gasteiger partial charge in [-0.1, -0.05) is 36.4 Å². The minimum absolute atomic E-state index is 0.137. The molecule has 7 heteroatoms. The first-order chi connectivity index (χ1) is 18.1. The summed E-state index contributed by atoms with van der Waals surface area (Å²) in [5.41, 5.74) is 12.1. The Hall–Kier alpha value is -3.55. The number of allylic oxidation sites excluding steroid dienone is 4. The zero-order valence-corrected chi connectivity index (χ0v) is 21.5. The first kappa shape index (κ1) is 23.8. The molecule has 190 valence electrons. The van der Waals surface area contributed by atoms with Crippen LogP contribution in [0, 0.1) is 0 Å². The number of likely N-dealkylation sites (tertiary alicyclic amines) is 1. The van der Waals surface area contributed by atoms with E-state index in [9.17, 15) is 5.11 Å². The molecule has 1 aliphatic carbocycles. The van der Waals surface area contributed by atoms with Crippen molar-refractivity contribution in [2.75, 3.05) is 18.8 Å². The van der Waals surface area contributed by atoms with Gasteiger partial charge in [-0.05, 0) is 57.2 Å². The first-order valence-electron chi connectivity index (χ1n) is 13.3. The van der Waals surface area contributed by atoms with Crippen molar-refractivity contribution in [2.45, 2.75) is 57.6 Å². The lowest BCUT2D eigenvalue weighted by Gasteiger charge is -2.44. The lowest BCUT2D eigenvalue weighted by molar-refractivity contribution is 0.0301. The molecule has 0 atom stereocenters. The minimum Gasteiger partial charge on any atom is -0.393 e. The van der Waals surface area contributed by atoms with Crippen LogP contribution in [0.5, 0.6) is 0 Å². The van der Waals surface area contributed by atoms with E-state index in [2.05, 4.69) is 56.8 Å². The second-order valence-corrected chi connectivity index (χ2v) is 10.3. The highest BCUT2D eigenvalue weighted by Crippen LogP contribution is 2.42. The van der Waals surface area contributed by atoms with Crippen molar-refractivity contribution in [1.29, 1.82) is 0 Å². The summed E-state index contributed by atoms with van der Waals surface area (Å²) in [6.07, 6.45) is 13.7. The molecule has 0 radical (unpaired) electrons. The lowest BCUT2D eigenvalue weighted by Crippen LogP contribution is -2.48. The maximum Gasteiger partial charge on any atom is 0.150 e. The smallest absolute Gasteiger partial charge is 0.150 e. The van der Waals surface area contributed by atoms with E-state index in [1.165, 1.54) is 0 Å². The van der Waals surface area contributed by atoms with E-state index >= 15 is 0 Å². The van der Waals surface area contributed by atoms with E-state index in [-0.39, 0.29) is 6.10 Å². The molecule has 1 saturated carbocycles. The molecular weight excluding hydrogens is 460 g/mol. The highest BCUT2D eigenvalue weighted by Gasteiger charge is 2.38. The van der Waals surface area contributed by atoms with E-state index < -0.39 is 0 Å². The molecule has 6 rings (SSSR count). The van der Waals surface area contributed by atoms with Gasteiger partial charge < -0.3 is 15.7 Å². The molecular formula is C30H34N6O. The van der Waals surface area contributed by atoms with Gasteiger partial charge in [0.2, 0.25) is 0 Å². The number of hydrogen-bond donors (Lipinski definition) is 2. The molecule has 2 fully saturated rings. The number of benzene rings is 1. The van der Waals surface area contributed by atoms with Crippen molar-refractivity contribution in [3.63, 3.8) is 0 Å². The second-order valence-electron chi connectivity index (χ2n) is 10.3. The normalized spacial score (nSPS) is 21.8.